The van der Waals surface area contributed by atoms with Crippen LogP contribution < -0.4 is 10.3 Å². The summed E-state index contributed by atoms with van der Waals surface area (Å²) in [6.45, 7) is 1.29. The second kappa shape index (κ2) is 8.20. The molecule has 0 aliphatic heterocycles. The van der Waals surface area contributed by atoms with Crippen molar-refractivity contribution in [2.75, 3.05) is 5.75 Å². The largest absolute Gasteiger partial charge is 0.573 e. The van der Waals surface area contributed by atoms with Crippen molar-refractivity contribution in [1.82, 2.24) is 9.55 Å². The lowest BCUT2D eigenvalue weighted by Crippen LogP contribution is -2.23. The van der Waals surface area contributed by atoms with Gasteiger partial charge in [-0.25, -0.2) is 13.4 Å². The molecule has 0 unspecified atom stereocenters. The van der Waals surface area contributed by atoms with Crippen LogP contribution in [0.2, 0.25) is 5.02 Å². The number of fused-ring (bicyclic) bond motifs is 1. The van der Waals surface area contributed by atoms with E-state index < -0.39 is 27.5 Å². The molecule has 0 amide bonds. The summed E-state index contributed by atoms with van der Waals surface area (Å²) in [6.07, 6.45) is -3.75. The van der Waals surface area contributed by atoms with Crippen molar-refractivity contribution in [2.45, 2.75) is 24.7 Å². The van der Waals surface area contributed by atoms with Crippen molar-refractivity contribution in [1.29, 1.82) is 0 Å². The number of rotatable bonds is 5. The highest BCUT2D eigenvalue weighted by Crippen LogP contribution is 2.30. The van der Waals surface area contributed by atoms with E-state index >= 15 is 0 Å². The first kappa shape index (κ1) is 22.6. The summed E-state index contributed by atoms with van der Waals surface area (Å²) in [4.78, 5) is 17.0. The summed E-state index contributed by atoms with van der Waals surface area (Å²) >= 11 is 9.07. The van der Waals surface area contributed by atoms with Gasteiger partial charge >= 0.3 is 6.36 Å². The number of halogens is 5. The zero-order chi connectivity index (χ0) is 22.3. The molecular weight excluding hydrogens is 513 g/mol. The summed E-state index contributed by atoms with van der Waals surface area (Å²) in [5.74, 6) is -0.743. The van der Waals surface area contributed by atoms with E-state index in [-0.39, 0.29) is 43.2 Å². The lowest BCUT2D eigenvalue weighted by Gasteiger charge is -2.13. The van der Waals surface area contributed by atoms with Crippen LogP contribution in [-0.4, -0.2) is 30.1 Å². The average Bonchev–Trinajstić information content (AvgIpc) is 2.63. The maximum atomic E-state index is 12.9. The minimum atomic E-state index is -4.93. The highest BCUT2D eigenvalue weighted by atomic mass is 79.9. The molecule has 0 fully saturated rings. The minimum absolute atomic E-state index is 0.0109. The average molecular weight is 526 g/mol. The number of hydrogen-bond acceptors (Lipinski definition) is 5. The maximum absolute atomic E-state index is 12.9. The molecule has 0 aliphatic rings. The van der Waals surface area contributed by atoms with E-state index in [1.807, 2.05) is 0 Å². The Bertz CT molecular complexity index is 1290. The second-order valence-electron chi connectivity index (χ2n) is 6.18. The van der Waals surface area contributed by atoms with Gasteiger partial charge in [0.15, 0.2) is 9.84 Å². The van der Waals surface area contributed by atoms with Crippen LogP contribution in [0, 0.1) is 0 Å². The molecule has 0 N–H and O–H groups in total. The van der Waals surface area contributed by atoms with Gasteiger partial charge in [0.2, 0.25) is 0 Å². The maximum Gasteiger partial charge on any atom is 0.573 e. The molecule has 0 atom stereocenters. The van der Waals surface area contributed by atoms with E-state index in [1.54, 1.807) is 0 Å². The van der Waals surface area contributed by atoms with Gasteiger partial charge in [0.25, 0.3) is 5.56 Å². The van der Waals surface area contributed by atoms with Gasteiger partial charge < -0.3 is 4.74 Å². The highest BCUT2D eigenvalue weighted by molar-refractivity contribution is 9.10. The topological polar surface area (TPSA) is 78.3 Å². The molecular formula is C18H13BrClF3N2O4S. The highest BCUT2D eigenvalue weighted by Gasteiger charge is 2.31. The molecule has 0 spiro atoms. The minimum Gasteiger partial charge on any atom is -0.406 e. The first-order chi connectivity index (χ1) is 13.9. The molecule has 0 saturated heterocycles. The van der Waals surface area contributed by atoms with Crippen molar-refractivity contribution in [2.24, 2.45) is 0 Å². The van der Waals surface area contributed by atoms with Crippen molar-refractivity contribution >= 4 is 48.3 Å². The van der Waals surface area contributed by atoms with Gasteiger partial charge in [-0.3, -0.25) is 9.36 Å². The molecule has 2 aromatic carbocycles. The molecule has 0 radical (unpaired) electrons. The van der Waals surface area contributed by atoms with Gasteiger partial charge in [-0.05, 0) is 51.8 Å². The molecule has 6 nitrogen and oxygen atoms in total. The molecule has 1 aromatic heterocycles. The van der Waals surface area contributed by atoms with Crippen LogP contribution in [0.5, 0.6) is 5.75 Å². The van der Waals surface area contributed by atoms with E-state index in [0.717, 1.165) is 16.7 Å². The van der Waals surface area contributed by atoms with Gasteiger partial charge in [-0.1, -0.05) is 18.5 Å². The van der Waals surface area contributed by atoms with Crippen molar-refractivity contribution < 1.29 is 26.3 Å². The Labute approximate surface area is 182 Å². The molecule has 0 aliphatic carbocycles. The molecule has 1 heterocycles. The Balaban J connectivity index is 2.14. The second-order valence-corrected chi connectivity index (χ2v) is 9.72. The molecule has 30 heavy (non-hydrogen) atoms. The van der Waals surface area contributed by atoms with E-state index in [9.17, 15) is 26.4 Å². The predicted octanol–water partition coefficient (Wildman–Crippen LogP) is 4.55. The summed E-state index contributed by atoms with van der Waals surface area (Å²) in [6, 6.07) is 6.17. The zero-order valence-corrected chi connectivity index (χ0v) is 18.4. The van der Waals surface area contributed by atoms with Crippen LogP contribution >= 0.6 is 27.5 Å². The van der Waals surface area contributed by atoms with Crippen LogP contribution in [0.4, 0.5) is 13.2 Å². The van der Waals surface area contributed by atoms with Crippen LogP contribution in [0.15, 0.2) is 50.8 Å². The summed E-state index contributed by atoms with van der Waals surface area (Å²) in [7, 11) is -3.60. The van der Waals surface area contributed by atoms with Crippen LogP contribution in [0.3, 0.4) is 0 Å². The monoisotopic (exact) mass is 524 g/mol. The standard InChI is InChI=1S/C18H13BrClF3N2O4S/c1-2-30(27,28)15-4-3-11(20)5-10(15)8-25-9-24-16-13(17(25)26)6-12(7-14(16)19)29-18(21,22)23/h3-7,9H,2,8H2,1H3. The number of ether oxygens (including phenoxy) is 1. The number of aromatic nitrogens is 2. The number of hydrogen-bond donors (Lipinski definition) is 0. The van der Waals surface area contributed by atoms with Crippen LogP contribution in [0.25, 0.3) is 10.9 Å². The fourth-order valence-electron chi connectivity index (χ4n) is 2.82. The number of sulfone groups is 1. The Morgan fingerprint density at radius 2 is 1.93 bits per heavy atom. The predicted molar refractivity (Wildman–Crippen MR) is 109 cm³/mol. The number of nitrogens with zero attached hydrogens (tertiary/aromatic N) is 2. The fourth-order valence-corrected chi connectivity index (χ4v) is 4.67. The van der Waals surface area contributed by atoms with Gasteiger partial charge in [-0.2, -0.15) is 0 Å². The van der Waals surface area contributed by atoms with E-state index in [1.165, 1.54) is 31.5 Å². The van der Waals surface area contributed by atoms with Gasteiger partial charge in [0, 0.05) is 9.50 Å². The third kappa shape index (κ3) is 4.79. The van der Waals surface area contributed by atoms with Gasteiger partial charge in [0.1, 0.15) is 5.75 Å². The SMILES string of the molecule is CCS(=O)(=O)c1ccc(Cl)cc1Cn1cnc2c(Br)cc(OC(F)(F)F)cc2c1=O. The van der Waals surface area contributed by atoms with E-state index in [2.05, 4.69) is 25.7 Å². The van der Waals surface area contributed by atoms with E-state index in [4.69, 9.17) is 11.6 Å². The fraction of sp³-hybridized carbons (Fsp3) is 0.222. The van der Waals surface area contributed by atoms with Gasteiger partial charge in [0.05, 0.1) is 34.4 Å². The first-order valence-corrected chi connectivity index (χ1v) is 11.2. The molecule has 0 saturated carbocycles. The lowest BCUT2D eigenvalue weighted by atomic mass is 10.2. The molecule has 0 bridgehead atoms. The quantitative estimate of drug-likeness (QED) is 0.488. The van der Waals surface area contributed by atoms with Crippen molar-refractivity contribution in [3.8, 4) is 5.75 Å². The Kier molecular flexibility index (Phi) is 6.17. The van der Waals surface area contributed by atoms with Gasteiger partial charge in [-0.15, -0.1) is 13.2 Å². The van der Waals surface area contributed by atoms with E-state index in [0.29, 0.717) is 0 Å². The normalized spacial score (nSPS) is 12.3. The third-order valence-electron chi connectivity index (χ3n) is 4.17. The first-order valence-electron chi connectivity index (χ1n) is 8.37. The Morgan fingerprint density at radius 3 is 2.57 bits per heavy atom. The van der Waals surface area contributed by atoms with Crippen LogP contribution in [-0.2, 0) is 16.4 Å². The zero-order valence-electron chi connectivity index (χ0n) is 15.2. The Hall–Kier alpha value is -2.11. The number of benzene rings is 2. The Morgan fingerprint density at radius 1 is 1.23 bits per heavy atom. The molecule has 3 aromatic rings. The van der Waals surface area contributed by atoms with Crippen LogP contribution in [0.1, 0.15) is 12.5 Å². The lowest BCUT2D eigenvalue weighted by molar-refractivity contribution is -0.274. The summed E-state index contributed by atoms with van der Waals surface area (Å²) in [5, 5.41) is 0.138. The summed E-state index contributed by atoms with van der Waals surface area (Å²) < 4.78 is 67.5. The summed E-state index contributed by atoms with van der Waals surface area (Å²) in [5.41, 5.74) is -0.277. The molecule has 160 valence electrons. The van der Waals surface area contributed by atoms with Crippen molar-refractivity contribution in [3.63, 3.8) is 0 Å². The molecule has 3 rings (SSSR count). The van der Waals surface area contributed by atoms with Crippen molar-refractivity contribution in [3.05, 3.63) is 62.1 Å². The third-order valence-corrected chi connectivity index (χ3v) is 6.83. The molecule has 12 heteroatoms. The smallest absolute Gasteiger partial charge is 0.406 e. The number of alkyl halides is 3.